The summed E-state index contributed by atoms with van der Waals surface area (Å²) in [7, 11) is 0. The van der Waals surface area contributed by atoms with Crippen LogP contribution >= 0.6 is 0 Å². The molecule has 0 unspecified atom stereocenters. The van der Waals surface area contributed by atoms with Gasteiger partial charge in [0.25, 0.3) is 0 Å². The molecule has 0 radical (unpaired) electrons. The van der Waals surface area contributed by atoms with E-state index in [1.807, 2.05) is 26.1 Å². The zero-order valence-electron chi connectivity index (χ0n) is 17.6. The molecule has 5 heterocycles. The number of hydrogen-bond donors (Lipinski definition) is 1. The van der Waals surface area contributed by atoms with Gasteiger partial charge in [-0.3, -0.25) is 9.69 Å². The number of rotatable bonds is 4. The molecule has 0 saturated carbocycles. The summed E-state index contributed by atoms with van der Waals surface area (Å²) >= 11 is 0. The van der Waals surface area contributed by atoms with Crippen LogP contribution < -0.4 is 5.32 Å². The Balaban J connectivity index is 1.42. The fourth-order valence-corrected chi connectivity index (χ4v) is 4.15. The van der Waals surface area contributed by atoms with Gasteiger partial charge in [-0.05, 0) is 57.5 Å². The molecule has 1 aliphatic heterocycles. The topological polar surface area (TPSA) is 79.8 Å². The second-order valence-corrected chi connectivity index (χ2v) is 8.18. The first-order valence-electron chi connectivity index (χ1n) is 10.5. The molecule has 1 fully saturated rings. The van der Waals surface area contributed by atoms with Crippen molar-refractivity contribution in [2.75, 3.05) is 25.0 Å². The molecule has 1 amide bonds. The fraction of sp³-hybridized carbons (Fsp3) is 0.364. The van der Waals surface area contributed by atoms with Crippen LogP contribution in [0.1, 0.15) is 30.5 Å². The number of anilines is 1. The third-order valence-electron chi connectivity index (χ3n) is 5.62. The molecule has 4 aromatic heterocycles. The number of likely N-dealkylation sites (tertiary alicyclic amines) is 1. The summed E-state index contributed by atoms with van der Waals surface area (Å²) < 4.78 is 18.1. The second-order valence-electron chi connectivity index (χ2n) is 8.18. The Hall–Kier alpha value is -3.33. The van der Waals surface area contributed by atoms with Gasteiger partial charge >= 0.3 is 0 Å². The number of pyridine rings is 1. The summed E-state index contributed by atoms with van der Waals surface area (Å²) in [6.45, 7) is 6.06. The van der Waals surface area contributed by atoms with Crippen LogP contribution in [0.25, 0.3) is 22.6 Å². The lowest BCUT2D eigenvalue weighted by atomic mass is 10.1. The SMILES string of the molecule is Cc1cn2nc(-c3cc(F)c4nc(NC(=O)CN5CCCCC5)cn4c3)cc(C)c2n1. The number of nitrogens with zero attached hydrogens (tertiary/aromatic N) is 6. The van der Waals surface area contributed by atoms with Gasteiger partial charge in [-0.15, -0.1) is 0 Å². The first-order chi connectivity index (χ1) is 15.0. The molecule has 31 heavy (non-hydrogen) atoms. The lowest BCUT2D eigenvalue weighted by Crippen LogP contribution is -2.36. The summed E-state index contributed by atoms with van der Waals surface area (Å²) in [5, 5.41) is 7.37. The van der Waals surface area contributed by atoms with Crippen LogP contribution in [-0.2, 0) is 4.79 Å². The van der Waals surface area contributed by atoms with E-state index in [2.05, 4.69) is 25.3 Å². The Morgan fingerprint density at radius 3 is 2.68 bits per heavy atom. The minimum absolute atomic E-state index is 0.135. The van der Waals surface area contributed by atoms with Crippen LogP contribution in [0.4, 0.5) is 10.2 Å². The average molecular weight is 421 g/mol. The highest BCUT2D eigenvalue weighted by molar-refractivity contribution is 5.91. The van der Waals surface area contributed by atoms with E-state index >= 15 is 0 Å². The zero-order valence-corrected chi connectivity index (χ0v) is 17.6. The number of carbonyl (C=O) groups excluding carboxylic acids is 1. The summed E-state index contributed by atoms with van der Waals surface area (Å²) in [5.41, 5.74) is 4.01. The van der Waals surface area contributed by atoms with Gasteiger partial charge in [0.15, 0.2) is 22.9 Å². The molecule has 1 saturated heterocycles. The predicted octanol–water partition coefficient (Wildman–Crippen LogP) is 3.22. The number of nitrogens with one attached hydrogen (secondary N) is 1. The number of halogens is 1. The highest BCUT2D eigenvalue weighted by Gasteiger charge is 2.16. The minimum Gasteiger partial charge on any atom is -0.308 e. The molecule has 0 aliphatic carbocycles. The largest absolute Gasteiger partial charge is 0.308 e. The van der Waals surface area contributed by atoms with Gasteiger partial charge in [-0.1, -0.05) is 6.42 Å². The van der Waals surface area contributed by atoms with E-state index in [1.165, 1.54) is 12.5 Å². The van der Waals surface area contributed by atoms with Crippen molar-refractivity contribution in [1.82, 2.24) is 28.9 Å². The molecule has 9 heteroatoms. The maximum atomic E-state index is 14.8. The monoisotopic (exact) mass is 421 g/mol. The van der Waals surface area contributed by atoms with Crippen molar-refractivity contribution in [3.8, 4) is 11.3 Å². The lowest BCUT2D eigenvalue weighted by molar-refractivity contribution is -0.117. The number of piperidine rings is 1. The van der Waals surface area contributed by atoms with E-state index in [1.54, 1.807) is 21.3 Å². The number of hydrogen-bond acceptors (Lipinski definition) is 5. The third-order valence-corrected chi connectivity index (χ3v) is 5.62. The van der Waals surface area contributed by atoms with Crippen LogP contribution in [0.2, 0.25) is 0 Å². The standard InChI is InChI=1S/C22H24FN7O/c1-14-8-18(27-30-10-15(2)24-21(14)30)16-9-17(23)22-26-19(12-29(22)11-16)25-20(31)13-28-6-4-3-5-7-28/h8-12H,3-7,13H2,1-2H3,(H,25,31). The number of fused-ring (bicyclic) bond motifs is 2. The molecule has 0 atom stereocenters. The van der Waals surface area contributed by atoms with Gasteiger partial charge in [0.2, 0.25) is 5.91 Å². The van der Waals surface area contributed by atoms with Crippen molar-refractivity contribution in [3.05, 3.63) is 47.8 Å². The number of imidazole rings is 2. The van der Waals surface area contributed by atoms with E-state index in [-0.39, 0.29) is 11.6 Å². The van der Waals surface area contributed by atoms with Crippen LogP contribution in [-0.4, -0.2) is 54.4 Å². The van der Waals surface area contributed by atoms with Crippen molar-refractivity contribution < 1.29 is 9.18 Å². The quantitative estimate of drug-likeness (QED) is 0.547. The molecule has 0 spiro atoms. The van der Waals surface area contributed by atoms with Crippen molar-refractivity contribution in [1.29, 1.82) is 0 Å². The number of carbonyl (C=O) groups is 1. The Labute approximate surface area is 178 Å². The highest BCUT2D eigenvalue weighted by Crippen LogP contribution is 2.24. The van der Waals surface area contributed by atoms with Crippen LogP contribution in [0.3, 0.4) is 0 Å². The van der Waals surface area contributed by atoms with Gasteiger partial charge < -0.3 is 9.72 Å². The molecule has 0 aromatic carbocycles. The van der Waals surface area contributed by atoms with Gasteiger partial charge in [-0.2, -0.15) is 5.10 Å². The molecule has 0 bridgehead atoms. The Kier molecular flexibility index (Phi) is 4.90. The summed E-state index contributed by atoms with van der Waals surface area (Å²) in [4.78, 5) is 23.2. The highest BCUT2D eigenvalue weighted by atomic mass is 19.1. The summed E-state index contributed by atoms with van der Waals surface area (Å²) in [6.07, 6.45) is 8.69. The summed E-state index contributed by atoms with van der Waals surface area (Å²) in [6, 6.07) is 3.31. The summed E-state index contributed by atoms with van der Waals surface area (Å²) in [5.74, 6) is -0.276. The maximum absolute atomic E-state index is 14.8. The van der Waals surface area contributed by atoms with E-state index in [4.69, 9.17) is 0 Å². The van der Waals surface area contributed by atoms with E-state index in [0.29, 0.717) is 23.6 Å². The Bertz CT molecular complexity index is 1290. The maximum Gasteiger partial charge on any atom is 0.239 e. The van der Waals surface area contributed by atoms with Gasteiger partial charge in [0.1, 0.15) is 0 Å². The molecular formula is C22H24FN7O. The number of aryl methyl sites for hydroxylation is 2. The molecule has 8 nitrogen and oxygen atoms in total. The zero-order chi connectivity index (χ0) is 21.5. The Morgan fingerprint density at radius 1 is 1.06 bits per heavy atom. The van der Waals surface area contributed by atoms with Gasteiger partial charge in [-0.25, -0.2) is 18.9 Å². The fourth-order valence-electron chi connectivity index (χ4n) is 4.15. The van der Waals surface area contributed by atoms with Gasteiger partial charge in [0.05, 0.1) is 30.3 Å². The first-order valence-corrected chi connectivity index (χ1v) is 10.5. The molecule has 1 N–H and O–H groups in total. The Morgan fingerprint density at radius 2 is 1.87 bits per heavy atom. The van der Waals surface area contributed by atoms with Crippen LogP contribution in [0.15, 0.2) is 30.7 Å². The van der Waals surface area contributed by atoms with Gasteiger partial charge in [0, 0.05) is 11.8 Å². The van der Waals surface area contributed by atoms with E-state index in [9.17, 15) is 9.18 Å². The van der Waals surface area contributed by atoms with Crippen molar-refractivity contribution in [2.45, 2.75) is 33.1 Å². The van der Waals surface area contributed by atoms with E-state index in [0.717, 1.165) is 42.8 Å². The average Bonchev–Trinajstić information content (AvgIpc) is 3.31. The second kappa shape index (κ2) is 7.73. The van der Waals surface area contributed by atoms with Crippen molar-refractivity contribution in [2.24, 2.45) is 0 Å². The normalized spacial score (nSPS) is 15.1. The van der Waals surface area contributed by atoms with Crippen LogP contribution in [0, 0.1) is 19.7 Å². The minimum atomic E-state index is -0.476. The first kappa shape index (κ1) is 19.6. The predicted molar refractivity (Wildman–Crippen MR) is 116 cm³/mol. The molecule has 160 valence electrons. The molecule has 4 aromatic rings. The lowest BCUT2D eigenvalue weighted by Gasteiger charge is -2.25. The number of aromatic nitrogens is 5. The molecule has 5 rings (SSSR count). The molecular weight excluding hydrogens is 397 g/mol. The van der Waals surface area contributed by atoms with Crippen molar-refractivity contribution in [3.63, 3.8) is 0 Å². The number of amides is 1. The molecule has 1 aliphatic rings. The smallest absolute Gasteiger partial charge is 0.239 e. The van der Waals surface area contributed by atoms with Crippen LogP contribution in [0.5, 0.6) is 0 Å². The van der Waals surface area contributed by atoms with E-state index < -0.39 is 5.82 Å². The third kappa shape index (κ3) is 3.88. The van der Waals surface area contributed by atoms with Crippen molar-refractivity contribution >= 4 is 23.0 Å².